The van der Waals surface area contributed by atoms with Gasteiger partial charge in [0.15, 0.2) is 0 Å². The minimum atomic E-state index is -0.407. The number of aryl methyl sites for hydroxylation is 1. The van der Waals surface area contributed by atoms with Gasteiger partial charge in [-0.25, -0.2) is 0 Å². The second kappa shape index (κ2) is 9.42. The van der Waals surface area contributed by atoms with Crippen molar-refractivity contribution >= 4 is 17.9 Å². The Balaban J connectivity index is 1.81. The minimum absolute atomic E-state index is 0.391. The normalized spacial score (nSPS) is 10.8. The van der Waals surface area contributed by atoms with Crippen LogP contribution < -0.4 is 15.6 Å². The van der Waals surface area contributed by atoms with E-state index in [-0.39, 0.29) is 0 Å². The molecule has 0 saturated heterocycles. The fourth-order valence-corrected chi connectivity index (χ4v) is 2.05. The standard InChI is InChI=1S/C21H24N2O3/c1-15(2)14-26-19-11-9-18(10-12-19)21(25)23-22-20(24)13-8-17-6-4-16(3)5-7-17/h4-13,15H,14H2,1-3H3,(H,22,24)(H,23,25)/b13-8+. The number of hydrogen-bond acceptors (Lipinski definition) is 3. The van der Waals surface area contributed by atoms with E-state index in [1.807, 2.05) is 31.2 Å². The number of ether oxygens (including phenoxy) is 1. The Bertz CT molecular complexity index is 763. The number of carbonyl (C=O) groups is 2. The molecule has 0 fully saturated rings. The van der Waals surface area contributed by atoms with Crippen molar-refractivity contribution in [3.05, 3.63) is 71.3 Å². The van der Waals surface area contributed by atoms with Gasteiger partial charge in [0, 0.05) is 11.6 Å². The molecule has 0 atom stereocenters. The van der Waals surface area contributed by atoms with E-state index in [9.17, 15) is 9.59 Å². The molecule has 2 aromatic carbocycles. The molecule has 5 nitrogen and oxygen atoms in total. The molecule has 5 heteroatoms. The second-order valence-corrected chi connectivity index (χ2v) is 6.42. The van der Waals surface area contributed by atoms with Gasteiger partial charge in [0.25, 0.3) is 11.8 Å². The van der Waals surface area contributed by atoms with Crippen LogP contribution in [-0.4, -0.2) is 18.4 Å². The van der Waals surface area contributed by atoms with Crippen LogP contribution in [0.3, 0.4) is 0 Å². The molecule has 2 amide bonds. The lowest BCUT2D eigenvalue weighted by Crippen LogP contribution is -2.40. The number of nitrogens with one attached hydrogen (secondary N) is 2. The van der Waals surface area contributed by atoms with Crippen molar-refractivity contribution in [1.82, 2.24) is 10.9 Å². The Hall–Kier alpha value is -3.08. The molecule has 0 bridgehead atoms. The fourth-order valence-electron chi connectivity index (χ4n) is 2.05. The van der Waals surface area contributed by atoms with Crippen molar-refractivity contribution in [3.8, 4) is 5.75 Å². The van der Waals surface area contributed by atoms with Gasteiger partial charge >= 0.3 is 0 Å². The number of amides is 2. The summed E-state index contributed by atoms with van der Waals surface area (Å²) in [6.45, 7) is 6.75. The molecule has 0 spiro atoms. The maximum atomic E-state index is 12.0. The molecule has 0 unspecified atom stereocenters. The zero-order chi connectivity index (χ0) is 18.9. The van der Waals surface area contributed by atoms with Gasteiger partial charge in [-0.05, 0) is 48.7 Å². The predicted octanol–water partition coefficient (Wildman–Crippen LogP) is 3.50. The highest BCUT2D eigenvalue weighted by atomic mass is 16.5. The lowest BCUT2D eigenvalue weighted by Gasteiger charge is -2.09. The van der Waals surface area contributed by atoms with E-state index in [1.54, 1.807) is 30.3 Å². The quantitative estimate of drug-likeness (QED) is 0.618. The molecular formula is C21H24N2O3. The van der Waals surface area contributed by atoms with E-state index in [4.69, 9.17) is 4.74 Å². The highest BCUT2D eigenvalue weighted by Gasteiger charge is 2.06. The number of rotatable bonds is 6. The SMILES string of the molecule is Cc1ccc(/C=C/C(=O)NNC(=O)c2ccc(OCC(C)C)cc2)cc1. The molecule has 0 aliphatic rings. The molecule has 2 N–H and O–H groups in total. The molecule has 26 heavy (non-hydrogen) atoms. The summed E-state index contributed by atoms with van der Waals surface area (Å²) in [6, 6.07) is 14.5. The zero-order valence-electron chi connectivity index (χ0n) is 15.3. The third-order valence-electron chi connectivity index (χ3n) is 3.50. The lowest BCUT2D eigenvalue weighted by atomic mass is 10.1. The van der Waals surface area contributed by atoms with E-state index in [1.165, 1.54) is 6.08 Å². The van der Waals surface area contributed by atoms with Gasteiger partial charge in [-0.15, -0.1) is 0 Å². The number of hydrogen-bond donors (Lipinski definition) is 2. The molecule has 0 aliphatic heterocycles. The first-order valence-corrected chi connectivity index (χ1v) is 8.52. The summed E-state index contributed by atoms with van der Waals surface area (Å²) in [5.41, 5.74) is 7.24. The third-order valence-corrected chi connectivity index (χ3v) is 3.50. The van der Waals surface area contributed by atoms with E-state index in [0.29, 0.717) is 23.8 Å². The Morgan fingerprint density at radius 2 is 1.65 bits per heavy atom. The second-order valence-electron chi connectivity index (χ2n) is 6.42. The van der Waals surface area contributed by atoms with Gasteiger partial charge in [0.05, 0.1) is 6.61 Å². The van der Waals surface area contributed by atoms with Crippen molar-refractivity contribution < 1.29 is 14.3 Å². The van der Waals surface area contributed by atoms with Crippen LogP contribution in [0.4, 0.5) is 0 Å². The summed E-state index contributed by atoms with van der Waals surface area (Å²) in [4.78, 5) is 23.8. The predicted molar refractivity (Wildman–Crippen MR) is 103 cm³/mol. The first kappa shape index (κ1) is 19.2. The molecule has 0 radical (unpaired) electrons. The summed E-state index contributed by atoms with van der Waals surface area (Å²) in [6.07, 6.45) is 3.05. The Morgan fingerprint density at radius 1 is 1.00 bits per heavy atom. The monoisotopic (exact) mass is 352 g/mol. The summed E-state index contributed by atoms with van der Waals surface area (Å²) < 4.78 is 5.57. The lowest BCUT2D eigenvalue weighted by molar-refractivity contribution is -0.117. The van der Waals surface area contributed by atoms with Crippen LogP contribution in [0, 0.1) is 12.8 Å². The first-order valence-electron chi connectivity index (χ1n) is 8.52. The highest BCUT2D eigenvalue weighted by molar-refractivity contribution is 5.97. The minimum Gasteiger partial charge on any atom is -0.493 e. The molecule has 2 aromatic rings. The molecule has 0 heterocycles. The Kier molecular flexibility index (Phi) is 6.97. The van der Waals surface area contributed by atoms with Crippen LogP contribution in [-0.2, 0) is 4.79 Å². The van der Waals surface area contributed by atoms with E-state index in [2.05, 4.69) is 24.7 Å². The topological polar surface area (TPSA) is 67.4 Å². The molecule has 0 aromatic heterocycles. The molecule has 2 rings (SSSR count). The van der Waals surface area contributed by atoms with Gasteiger partial charge < -0.3 is 4.74 Å². The van der Waals surface area contributed by atoms with Crippen LogP contribution in [0.5, 0.6) is 5.75 Å². The first-order chi connectivity index (χ1) is 12.4. The highest BCUT2D eigenvalue weighted by Crippen LogP contribution is 2.13. The van der Waals surface area contributed by atoms with Gasteiger partial charge in [0.2, 0.25) is 0 Å². The maximum Gasteiger partial charge on any atom is 0.269 e. The van der Waals surface area contributed by atoms with E-state index < -0.39 is 11.8 Å². The summed E-state index contributed by atoms with van der Waals surface area (Å²) >= 11 is 0. The number of carbonyl (C=O) groups excluding carboxylic acids is 2. The van der Waals surface area contributed by atoms with Gasteiger partial charge in [-0.2, -0.15) is 0 Å². The van der Waals surface area contributed by atoms with Crippen molar-refractivity contribution in [3.63, 3.8) is 0 Å². The van der Waals surface area contributed by atoms with Crippen molar-refractivity contribution in [1.29, 1.82) is 0 Å². The Morgan fingerprint density at radius 3 is 2.27 bits per heavy atom. The van der Waals surface area contributed by atoms with Crippen molar-refractivity contribution in [2.45, 2.75) is 20.8 Å². The molecule has 0 saturated carbocycles. The van der Waals surface area contributed by atoms with Crippen LogP contribution in [0.2, 0.25) is 0 Å². The van der Waals surface area contributed by atoms with Crippen LogP contribution >= 0.6 is 0 Å². The van der Waals surface area contributed by atoms with Crippen LogP contribution in [0.25, 0.3) is 6.08 Å². The summed E-state index contributed by atoms with van der Waals surface area (Å²) in [5, 5.41) is 0. The van der Waals surface area contributed by atoms with Gasteiger partial charge in [-0.3, -0.25) is 20.4 Å². The van der Waals surface area contributed by atoms with E-state index >= 15 is 0 Å². The van der Waals surface area contributed by atoms with Crippen molar-refractivity contribution in [2.75, 3.05) is 6.61 Å². The van der Waals surface area contributed by atoms with E-state index in [0.717, 1.165) is 11.1 Å². The number of hydrazine groups is 1. The summed E-state index contributed by atoms with van der Waals surface area (Å²) in [7, 11) is 0. The average molecular weight is 352 g/mol. The molecule has 0 aliphatic carbocycles. The zero-order valence-corrected chi connectivity index (χ0v) is 15.3. The van der Waals surface area contributed by atoms with Gasteiger partial charge in [0.1, 0.15) is 5.75 Å². The van der Waals surface area contributed by atoms with Crippen molar-refractivity contribution in [2.24, 2.45) is 5.92 Å². The maximum absolute atomic E-state index is 12.0. The molecular weight excluding hydrogens is 328 g/mol. The van der Waals surface area contributed by atoms with Gasteiger partial charge in [-0.1, -0.05) is 43.7 Å². The van der Waals surface area contributed by atoms with Crippen LogP contribution in [0.15, 0.2) is 54.6 Å². The molecule has 136 valence electrons. The van der Waals surface area contributed by atoms with Crippen LogP contribution in [0.1, 0.15) is 35.3 Å². The third kappa shape index (κ3) is 6.43. The Labute approximate surface area is 154 Å². The largest absolute Gasteiger partial charge is 0.493 e. The fraction of sp³-hybridized carbons (Fsp3) is 0.238. The summed E-state index contributed by atoms with van der Waals surface area (Å²) in [5.74, 6) is 0.342. The number of benzene rings is 2. The average Bonchev–Trinajstić information content (AvgIpc) is 2.64. The smallest absolute Gasteiger partial charge is 0.269 e.